The normalized spacial score (nSPS) is 19.9. The van der Waals surface area contributed by atoms with E-state index in [1.54, 1.807) is 0 Å². The Bertz CT molecular complexity index is 3970. The van der Waals surface area contributed by atoms with Crippen LogP contribution in [0, 0.1) is 0 Å². The molecule has 0 fully saturated rings. The molecule has 0 N–H and O–H groups in total. The summed E-state index contributed by atoms with van der Waals surface area (Å²) in [6.07, 6.45) is 6.95. The highest BCUT2D eigenvalue weighted by molar-refractivity contribution is 7.00. The van der Waals surface area contributed by atoms with Crippen molar-refractivity contribution in [2.24, 2.45) is 0 Å². The van der Waals surface area contributed by atoms with Gasteiger partial charge in [0.05, 0.1) is 5.69 Å². The Morgan fingerprint density at radius 2 is 0.759 bits per heavy atom. The summed E-state index contributed by atoms with van der Waals surface area (Å²) in [5.41, 5.74) is 31.1. The largest absolute Gasteiger partial charge is 0.311 e. The Labute approximate surface area is 498 Å². The van der Waals surface area contributed by atoms with Crippen LogP contribution >= 0.6 is 0 Å². The molecule has 83 heavy (non-hydrogen) atoms. The average Bonchev–Trinajstić information content (AvgIpc) is 2.15. The molecule has 14 rings (SSSR count). The van der Waals surface area contributed by atoms with Crippen LogP contribution in [0.3, 0.4) is 0 Å². The van der Waals surface area contributed by atoms with Gasteiger partial charge in [0.15, 0.2) is 0 Å². The fourth-order valence-corrected chi connectivity index (χ4v) is 16.5. The minimum atomic E-state index is -0.153. The predicted molar refractivity (Wildman–Crippen MR) is 357 cm³/mol. The van der Waals surface area contributed by atoms with Crippen LogP contribution in [-0.4, -0.2) is 6.71 Å². The summed E-state index contributed by atoms with van der Waals surface area (Å²) in [4.78, 5) is 8.00. The van der Waals surface area contributed by atoms with Gasteiger partial charge in [-0.05, 0) is 227 Å². The molecule has 0 saturated heterocycles. The SMILES string of the molecule is CC(C)(C)c1ccc2c(c1)C(C)(C)c1ccc(N3c4cc5c(cc4B4c6cc7c(cc6N(c6ccc8c(c6)C(C)(C)CCC8(C)C)c6cc(N(c8ccccc8)c8ccccc8)cc3c64)C(C)(C)CCC7(C)C)C(C)(C)CCC5(C)C)cc1-2. The molecule has 6 aliphatic rings. The van der Waals surface area contributed by atoms with Crippen molar-refractivity contribution in [2.75, 3.05) is 14.7 Å². The van der Waals surface area contributed by atoms with Crippen molar-refractivity contribution in [1.82, 2.24) is 0 Å². The van der Waals surface area contributed by atoms with Crippen molar-refractivity contribution in [3.63, 3.8) is 0 Å². The monoisotopic (exact) mass is 1090 g/mol. The molecule has 2 aliphatic heterocycles. The van der Waals surface area contributed by atoms with E-state index in [9.17, 15) is 0 Å². The van der Waals surface area contributed by atoms with Crippen molar-refractivity contribution in [3.8, 4) is 11.1 Å². The molecule has 0 spiro atoms. The molecule has 0 unspecified atom stereocenters. The van der Waals surface area contributed by atoms with Crippen LogP contribution in [-0.2, 0) is 43.3 Å². The minimum Gasteiger partial charge on any atom is -0.311 e. The maximum absolute atomic E-state index is 2.75. The summed E-state index contributed by atoms with van der Waals surface area (Å²) in [6.45, 7) is 41.9. The Balaban J connectivity index is 1.14. The van der Waals surface area contributed by atoms with Gasteiger partial charge in [0.1, 0.15) is 0 Å². The van der Waals surface area contributed by atoms with Gasteiger partial charge in [0, 0.05) is 50.9 Å². The molecule has 2 heterocycles. The van der Waals surface area contributed by atoms with E-state index < -0.39 is 0 Å². The van der Waals surface area contributed by atoms with Crippen molar-refractivity contribution in [1.29, 1.82) is 0 Å². The Morgan fingerprint density at radius 1 is 0.349 bits per heavy atom. The zero-order valence-corrected chi connectivity index (χ0v) is 53.1. The molecule has 0 radical (unpaired) electrons. The van der Waals surface area contributed by atoms with E-state index in [2.05, 4.69) is 284 Å². The van der Waals surface area contributed by atoms with E-state index in [0.717, 1.165) is 49.2 Å². The van der Waals surface area contributed by atoms with Crippen LogP contribution in [0.4, 0.5) is 51.2 Å². The summed E-state index contributed by atoms with van der Waals surface area (Å²) >= 11 is 0. The van der Waals surface area contributed by atoms with Crippen molar-refractivity contribution in [2.45, 2.75) is 200 Å². The Kier molecular flexibility index (Phi) is 11.5. The van der Waals surface area contributed by atoms with E-state index in [4.69, 9.17) is 0 Å². The van der Waals surface area contributed by atoms with E-state index in [0.29, 0.717) is 0 Å². The van der Waals surface area contributed by atoms with Gasteiger partial charge in [0.2, 0.25) is 0 Å². The molecule has 0 aromatic heterocycles. The molecule has 4 heteroatoms. The number of fused-ring (bicyclic) bond motifs is 10. The Hall–Kier alpha value is -6.78. The molecule has 422 valence electrons. The lowest BCUT2D eigenvalue weighted by atomic mass is 9.32. The van der Waals surface area contributed by atoms with Crippen LogP contribution in [0.5, 0.6) is 0 Å². The molecule has 0 saturated carbocycles. The lowest BCUT2D eigenvalue weighted by Crippen LogP contribution is -2.62. The van der Waals surface area contributed by atoms with Crippen LogP contribution in [0.15, 0.2) is 152 Å². The first-order valence-corrected chi connectivity index (χ1v) is 31.5. The van der Waals surface area contributed by atoms with E-state index in [1.165, 1.54) is 118 Å². The van der Waals surface area contributed by atoms with Crippen molar-refractivity contribution in [3.05, 3.63) is 202 Å². The molecular weight excluding hydrogens is 1000 g/mol. The van der Waals surface area contributed by atoms with E-state index in [1.807, 2.05) is 0 Å². The first kappa shape index (κ1) is 54.2. The lowest BCUT2D eigenvalue weighted by Gasteiger charge is -2.49. The summed E-state index contributed by atoms with van der Waals surface area (Å²) in [5, 5.41) is 0. The number of para-hydroxylation sites is 2. The summed E-state index contributed by atoms with van der Waals surface area (Å²) < 4.78 is 0. The van der Waals surface area contributed by atoms with Crippen LogP contribution in [0.25, 0.3) is 11.1 Å². The highest BCUT2D eigenvalue weighted by atomic mass is 15.2. The third kappa shape index (κ3) is 8.09. The number of anilines is 9. The third-order valence-electron chi connectivity index (χ3n) is 22.2. The molecule has 4 aliphatic carbocycles. The topological polar surface area (TPSA) is 9.72 Å². The Morgan fingerprint density at radius 3 is 1.22 bits per heavy atom. The highest BCUT2D eigenvalue weighted by Gasteiger charge is 2.50. The molecule has 8 aromatic rings. The molecule has 3 nitrogen and oxygen atoms in total. The maximum atomic E-state index is 2.75. The van der Waals surface area contributed by atoms with Gasteiger partial charge in [-0.15, -0.1) is 0 Å². The smallest absolute Gasteiger partial charge is 0.252 e. The first-order valence-electron chi connectivity index (χ1n) is 31.5. The van der Waals surface area contributed by atoms with Crippen molar-refractivity contribution < 1.29 is 0 Å². The van der Waals surface area contributed by atoms with Crippen LogP contribution < -0.4 is 31.1 Å². The zero-order chi connectivity index (χ0) is 58.5. The van der Waals surface area contributed by atoms with E-state index >= 15 is 0 Å². The second-order valence-corrected chi connectivity index (χ2v) is 31.8. The quantitative estimate of drug-likeness (QED) is 0.159. The molecule has 0 atom stereocenters. The van der Waals surface area contributed by atoms with Gasteiger partial charge in [-0.25, -0.2) is 0 Å². The maximum Gasteiger partial charge on any atom is 0.252 e. The fraction of sp³-hybridized carbons (Fsp3) is 0.392. The molecule has 0 amide bonds. The second kappa shape index (κ2) is 17.7. The lowest BCUT2D eigenvalue weighted by molar-refractivity contribution is 0.332. The summed E-state index contributed by atoms with van der Waals surface area (Å²) in [6, 6.07) is 60.8. The summed E-state index contributed by atoms with van der Waals surface area (Å²) in [7, 11) is 0. The standard InChI is InChI=1S/C79H88BN3/c1-72(2,3)49-28-31-55-56-41-52(29-32-57(56)79(16,17)59(55)40-49)82-67-47-63-61(75(8,9)36-38-77(63,12)13)45-65(67)80-66-46-62-64(78(14,15)39-37-76(62,10)11)48-68(66)83(53-30-33-58-60(42-53)74(6,7)35-34-73(58,4)5)70-44-54(43-69(82)71(70)80)81(50-24-20-18-21-25-50)51-26-22-19-23-27-51/h18-33,40-48H,34-39H2,1-17H3. The average molecular weight is 1090 g/mol. The van der Waals surface area contributed by atoms with Gasteiger partial charge < -0.3 is 14.7 Å². The van der Waals surface area contributed by atoms with Crippen molar-refractivity contribution >= 4 is 74.3 Å². The zero-order valence-electron chi connectivity index (χ0n) is 53.1. The first-order chi connectivity index (χ1) is 39.0. The van der Waals surface area contributed by atoms with Crippen LogP contribution in [0.1, 0.15) is 206 Å². The summed E-state index contributed by atoms with van der Waals surface area (Å²) in [5.74, 6) is 0. The molecule has 8 aromatic carbocycles. The van der Waals surface area contributed by atoms with Gasteiger partial charge >= 0.3 is 0 Å². The number of benzene rings is 8. The van der Waals surface area contributed by atoms with Gasteiger partial charge in [-0.3, -0.25) is 0 Å². The molecule has 0 bridgehead atoms. The highest BCUT2D eigenvalue weighted by Crippen LogP contribution is 2.57. The second-order valence-electron chi connectivity index (χ2n) is 31.8. The minimum absolute atomic E-state index is 0.00312. The van der Waals surface area contributed by atoms with Gasteiger partial charge in [-0.2, -0.15) is 0 Å². The van der Waals surface area contributed by atoms with Gasteiger partial charge in [0.25, 0.3) is 6.71 Å². The number of hydrogen-bond donors (Lipinski definition) is 0. The van der Waals surface area contributed by atoms with Crippen LogP contribution in [0.2, 0.25) is 0 Å². The number of nitrogens with zero attached hydrogens (tertiary/aromatic N) is 3. The number of rotatable bonds is 5. The number of hydrogen-bond acceptors (Lipinski definition) is 3. The third-order valence-corrected chi connectivity index (χ3v) is 22.2. The van der Waals surface area contributed by atoms with Gasteiger partial charge in [-0.1, -0.05) is 197 Å². The van der Waals surface area contributed by atoms with E-state index in [-0.39, 0.29) is 50.0 Å². The fourth-order valence-electron chi connectivity index (χ4n) is 16.5. The molecular formula is C79H88BN3. The predicted octanol–water partition coefficient (Wildman–Crippen LogP) is 19.9.